The van der Waals surface area contributed by atoms with Crippen molar-refractivity contribution in [3.63, 3.8) is 0 Å². The molecular weight excluding hydrogens is 259 g/mol. The molecule has 20 heavy (non-hydrogen) atoms. The summed E-state index contributed by atoms with van der Waals surface area (Å²) in [7, 11) is -0.0714. The van der Waals surface area contributed by atoms with Crippen LogP contribution in [0.1, 0.15) is 87.0 Å². The summed E-state index contributed by atoms with van der Waals surface area (Å²) in [5.74, 6) is 4.45. The molecule has 0 heterocycles. The van der Waals surface area contributed by atoms with Gasteiger partial charge in [-0.2, -0.15) is 0 Å². The van der Waals surface area contributed by atoms with Gasteiger partial charge < -0.3 is 0 Å². The Morgan fingerprint density at radius 3 is 1.90 bits per heavy atom. The summed E-state index contributed by atoms with van der Waals surface area (Å²) in [6, 6.07) is 0. The Morgan fingerprint density at radius 1 is 0.950 bits per heavy atom. The highest BCUT2D eigenvalue weighted by Gasteiger charge is 2.32. The molecule has 1 unspecified atom stereocenters. The molecule has 1 saturated carbocycles. The molecule has 1 aliphatic carbocycles. The minimum atomic E-state index is -0.0714. The van der Waals surface area contributed by atoms with Gasteiger partial charge in [0.1, 0.15) is 0 Å². The second-order valence-electron chi connectivity index (χ2n) is 8.71. The van der Waals surface area contributed by atoms with Gasteiger partial charge in [-0.1, -0.05) is 100 Å². The number of hydrogen-bond donors (Lipinski definition) is 0. The van der Waals surface area contributed by atoms with Crippen molar-refractivity contribution in [2.75, 3.05) is 0 Å². The van der Waals surface area contributed by atoms with Crippen LogP contribution in [-0.2, 0) is 0 Å². The maximum absolute atomic E-state index is 2.58. The van der Waals surface area contributed by atoms with Crippen molar-refractivity contribution in [3.05, 3.63) is 11.9 Å². The summed E-state index contributed by atoms with van der Waals surface area (Å²) in [6.07, 6.45) is 11.2. The van der Waals surface area contributed by atoms with E-state index in [0.717, 1.165) is 11.8 Å². The highest BCUT2D eigenvalue weighted by molar-refractivity contribution is 7.63. The molecule has 0 saturated heterocycles. The van der Waals surface area contributed by atoms with E-state index in [1.54, 1.807) is 0 Å². The van der Waals surface area contributed by atoms with Crippen LogP contribution in [0.2, 0.25) is 0 Å². The van der Waals surface area contributed by atoms with E-state index in [-0.39, 0.29) is 7.92 Å². The molecule has 118 valence electrons. The van der Waals surface area contributed by atoms with Crippen molar-refractivity contribution in [1.29, 1.82) is 0 Å². The van der Waals surface area contributed by atoms with Gasteiger partial charge >= 0.3 is 0 Å². The fraction of sp³-hybridized carbons (Fsp3) is 0.895. The lowest BCUT2D eigenvalue weighted by molar-refractivity contribution is 0.265. The van der Waals surface area contributed by atoms with Gasteiger partial charge in [0.25, 0.3) is 0 Å². The van der Waals surface area contributed by atoms with Crippen molar-refractivity contribution >= 4 is 7.92 Å². The van der Waals surface area contributed by atoms with E-state index < -0.39 is 0 Å². The van der Waals surface area contributed by atoms with E-state index >= 15 is 0 Å². The zero-order valence-corrected chi connectivity index (χ0v) is 15.9. The van der Waals surface area contributed by atoms with E-state index in [9.17, 15) is 0 Å². The monoisotopic (exact) mass is 296 g/mol. The third-order valence-corrected chi connectivity index (χ3v) is 8.06. The Balaban J connectivity index is 2.56. The lowest BCUT2D eigenvalue weighted by atomic mass is 9.79. The Morgan fingerprint density at radius 2 is 1.45 bits per heavy atom. The van der Waals surface area contributed by atoms with Crippen LogP contribution in [-0.4, -0.2) is 10.3 Å². The van der Waals surface area contributed by atoms with Crippen LogP contribution in [0.25, 0.3) is 0 Å². The summed E-state index contributed by atoms with van der Waals surface area (Å²) < 4.78 is 0. The lowest BCUT2D eigenvalue weighted by Crippen LogP contribution is -2.23. The van der Waals surface area contributed by atoms with Gasteiger partial charge in [-0.05, 0) is 28.6 Å². The van der Waals surface area contributed by atoms with Gasteiger partial charge in [0.05, 0.1) is 0 Å². The van der Waals surface area contributed by atoms with E-state index in [1.165, 1.54) is 38.5 Å². The first-order valence-electron chi connectivity index (χ1n) is 8.58. The first-order chi connectivity index (χ1) is 9.12. The summed E-state index contributed by atoms with van der Waals surface area (Å²) in [5.41, 5.74) is 0. The molecule has 1 heteroatoms. The maximum atomic E-state index is 2.58. The van der Waals surface area contributed by atoms with E-state index in [2.05, 4.69) is 60.4 Å². The molecule has 1 aliphatic rings. The molecule has 0 aromatic rings. The summed E-state index contributed by atoms with van der Waals surface area (Å²) >= 11 is 0. The molecule has 1 fully saturated rings. The van der Waals surface area contributed by atoms with Crippen LogP contribution in [0.15, 0.2) is 11.9 Å². The van der Waals surface area contributed by atoms with Crippen molar-refractivity contribution in [2.24, 2.45) is 11.8 Å². The van der Waals surface area contributed by atoms with Gasteiger partial charge in [0.2, 0.25) is 0 Å². The number of allylic oxidation sites excluding steroid dienone is 1. The molecule has 1 rings (SSSR count). The average Bonchev–Trinajstić information content (AvgIpc) is 2.32. The smallest absolute Gasteiger partial charge is 0.0140 e. The minimum Gasteiger partial charge on any atom is -0.0837 e. The molecular formula is C19H37P. The molecule has 0 N–H and O–H groups in total. The molecule has 0 aromatic heterocycles. The fourth-order valence-corrected chi connectivity index (χ4v) is 6.97. The Hall–Kier alpha value is 0.170. The molecule has 1 atom stereocenters. The normalized spacial score (nSPS) is 20.8. The molecule has 0 spiro atoms. The van der Waals surface area contributed by atoms with Crippen LogP contribution in [0, 0.1) is 11.8 Å². The predicted octanol–water partition coefficient (Wildman–Crippen LogP) is 7.19. The summed E-state index contributed by atoms with van der Waals surface area (Å²) in [4.78, 5) is 0. The molecule has 0 radical (unpaired) electrons. The molecule has 0 nitrogen and oxygen atoms in total. The van der Waals surface area contributed by atoms with Gasteiger partial charge in [-0.25, -0.2) is 0 Å². The number of hydrogen-bond acceptors (Lipinski definition) is 0. The predicted molar refractivity (Wildman–Crippen MR) is 95.9 cm³/mol. The maximum Gasteiger partial charge on any atom is -0.0140 e. The second kappa shape index (κ2) is 7.44. The van der Waals surface area contributed by atoms with Crippen molar-refractivity contribution in [3.8, 4) is 0 Å². The zero-order valence-electron chi connectivity index (χ0n) is 15.0. The SMILES string of the molecule is CC(CC=CP(C(C)(C)C)C(C)(C)C)C1CCCCC1. The molecule has 0 bridgehead atoms. The lowest BCUT2D eigenvalue weighted by Gasteiger charge is -2.39. The van der Waals surface area contributed by atoms with Gasteiger partial charge in [0.15, 0.2) is 0 Å². The highest BCUT2D eigenvalue weighted by atomic mass is 31.1. The van der Waals surface area contributed by atoms with E-state index in [0.29, 0.717) is 10.3 Å². The first-order valence-corrected chi connectivity index (χ1v) is 9.99. The van der Waals surface area contributed by atoms with Crippen molar-refractivity contribution in [1.82, 2.24) is 0 Å². The summed E-state index contributed by atoms with van der Waals surface area (Å²) in [6.45, 7) is 16.9. The number of rotatable bonds is 4. The molecule has 0 aliphatic heterocycles. The van der Waals surface area contributed by atoms with Crippen LogP contribution in [0.4, 0.5) is 0 Å². The molecule has 0 amide bonds. The highest BCUT2D eigenvalue weighted by Crippen LogP contribution is 2.60. The second-order valence-corrected chi connectivity index (χ2v) is 12.4. The minimum absolute atomic E-state index is 0.0714. The summed E-state index contributed by atoms with van der Waals surface area (Å²) in [5, 5.41) is 0.830. The Bertz CT molecular complexity index is 283. The third kappa shape index (κ3) is 5.88. The first kappa shape index (κ1) is 18.2. The van der Waals surface area contributed by atoms with Crippen molar-refractivity contribution < 1.29 is 0 Å². The Labute approximate surface area is 129 Å². The van der Waals surface area contributed by atoms with Gasteiger partial charge in [-0.15, -0.1) is 0 Å². The largest absolute Gasteiger partial charge is 0.0837 e. The quantitative estimate of drug-likeness (QED) is 0.482. The van der Waals surface area contributed by atoms with Crippen LogP contribution < -0.4 is 0 Å². The Kier molecular flexibility index (Phi) is 6.78. The fourth-order valence-electron chi connectivity index (χ4n) is 3.73. The van der Waals surface area contributed by atoms with Crippen LogP contribution in [0.3, 0.4) is 0 Å². The topological polar surface area (TPSA) is 0 Å². The van der Waals surface area contributed by atoms with Gasteiger partial charge in [-0.3, -0.25) is 0 Å². The van der Waals surface area contributed by atoms with Crippen LogP contribution >= 0.6 is 7.92 Å². The van der Waals surface area contributed by atoms with Crippen molar-refractivity contribution in [2.45, 2.75) is 97.3 Å². The average molecular weight is 296 g/mol. The van der Waals surface area contributed by atoms with Gasteiger partial charge in [0, 0.05) is 0 Å². The van der Waals surface area contributed by atoms with E-state index in [4.69, 9.17) is 0 Å². The zero-order chi connectivity index (χ0) is 15.4. The van der Waals surface area contributed by atoms with Crippen LogP contribution in [0.5, 0.6) is 0 Å². The standard InChI is InChI=1S/C19H37P/c1-16(17-13-9-8-10-14-17)12-11-15-20(18(2,3)4)19(5,6)7/h11,15-17H,8-10,12-14H2,1-7H3. The van der Waals surface area contributed by atoms with E-state index in [1.807, 2.05) is 0 Å². The third-order valence-electron chi connectivity index (χ3n) is 4.66. The molecule has 0 aromatic carbocycles.